The van der Waals surface area contributed by atoms with Gasteiger partial charge in [-0.05, 0) is 62.7 Å². The van der Waals surface area contributed by atoms with Gasteiger partial charge in [-0.1, -0.05) is 35.5 Å². The molecule has 0 aliphatic carbocycles. The Morgan fingerprint density at radius 2 is 1.68 bits per heavy atom. The number of benzene rings is 3. The number of carbonyl (C=O) groups is 2. The molecule has 1 heterocycles. The van der Waals surface area contributed by atoms with Crippen LogP contribution in [0.25, 0.3) is 11.0 Å². The zero-order valence-corrected chi connectivity index (χ0v) is 22.7. The van der Waals surface area contributed by atoms with Gasteiger partial charge in [-0.15, -0.1) is 5.10 Å². The van der Waals surface area contributed by atoms with E-state index >= 15 is 0 Å². The second-order valence-electron chi connectivity index (χ2n) is 10.3. The molecule has 0 aliphatic rings. The molecule has 0 saturated carbocycles. The number of para-hydroxylation sites is 1. The molecule has 0 fully saturated rings. The fourth-order valence-corrected chi connectivity index (χ4v) is 4.25. The predicted octanol–water partition coefficient (Wildman–Crippen LogP) is 4.20. The molecule has 0 radical (unpaired) electrons. The van der Waals surface area contributed by atoms with Crippen LogP contribution in [-0.2, 0) is 16.1 Å². The van der Waals surface area contributed by atoms with Crippen molar-refractivity contribution in [1.82, 2.24) is 20.3 Å². The number of nitrogens with one attached hydrogen (secondary N) is 1. The van der Waals surface area contributed by atoms with Crippen LogP contribution in [-0.4, -0.2) is 53.6 Å². The van der Waals surface area contributed by atoms with E-state index in [9.17, 15) is 9.59 Å². The van der Waals surface area contributed by atoms with Gasteiger partial charge in [0.2, 0.25) is 11.8 Å². The molecule has 0 unspecified atom stereocenters. The minimum absolute atomic E-state index is 0.104. The Balaban J connectivity index is 1.84. The fourth-order valence-electron chi connectivity index (χ4n) is 4.25. The normalized spacial score (nSPS) is 12.2. The lowest BCUT2D eigenvalue weighted by atomic mass is 10.00. The first-order valence-corrected chi connectivity index (χ1v) is 12.4. The number of hydrogen-bond acceptors (Lipinski definition) is 6. The van der Waals surface area contributed by atoms with Crippen LogP contribution in [0.1, 0.15) is 32.4 Å². The standard InChI is InChI=1S/C29H34N6O3/c1-29(2,3)30-28(37)27(20-14-16-21(17-15-20)33(4)5)35(22-10-9-11-23(18-22)38-6)26(36)19-34-25-13-8-7-12-24(25)31-32-34/h7-18,27H,19H2,1-6H3,(H,30,37)/t27-/m0/s1. The number of fused-ring (bicyclic) bond motifs is 1. The lowest BCUT2D eigenvalue weighted by molar-refractivity contribution is -0.128. The molecule has 3 aromatic carbocycles. The van der Waals surface area contributed by atoms with Crippen molar-refractivity contribution in [3.63, 3.8) is 0 Å². The van der Waals surface area contributed by atoms with Crippen molar-refractivity contribution in [3.05, 3.63) is 78.4 Å². The number of ether oxygens (including phenoxy) is 1. The first-order chi connectivity index (χ1) is 18.1. The van der Waals surface area contributed by atoms with E-state index in [0.29, 0.717) is 22.5 Å². The van der Waals surface area contributed by atoms with E-state index in [0.717, 1.165) is 11.2 Å². The van der Waals surface area contributed by atoms with Crippen LogP contribution in [0.3, 0.4) is 0 Å². The summed E-state index contributed by atoms with van der Waals surface area (Å²) in [6, 6.07) is 21.3. The van der Waals surface area contributed by atoms with Crippen LogP contribution in [0, 0.1) is 0 Å². The summed E-state index contributed by atoms with van der Waals surface area (Å²) in [6.45, 7) is 5.63. The molecule has 38 heavy (non-hydrogen) atoms. The first kappa shape index (κ1) is 26.7. The van der Waals surface area contributed by atoms with Crippen molar-refractivity contribution in [2.45, 2.75) is 38.9 Å². The molecule has 9 nitrogen and oxygen atoms in total. The van der Waals surface area contributed by atoms with Crippen molar-refractivity contribution in [2.75, 3.05) is 31.0 Å². The van der Waals surface area contributed by atoms with Gasteiger partial charge in [-0.25, -0.2) is 4.68 Å². The van der Waals surface area contributed by atoms with Crippen LogP contribution in [0.5, 0.6) is 5.75 Å². The van der Waals surface area contributed by atoms with Crippen molar-refractivity contribution in [2.24, 2.45) is 0 Å². The molecule has 198 valence electrons. The third-order valence-corrected chi connectivity index (χ3v) is 6.04. The maximum Gasteiger partial charge on any atom is 0.249 e. The number of carbonyl (C=O) groups excluding carboxylic acids is 2. The van der Waals surface area contributed by atoms with E-state index in [2.05, 4.69) is 15.6 Å². The number of rotatable bonds is 8. The van der Waals surface area contributed by atoms with Gasteiger partial charge in [-0.2, -0.15) is 0 Å². The predicted molar refractivity (Wildman–Crippen MR) is 149 cm³/mol. The topological polar surface area (TPSA) is 92.6 Å². The molecular formula is C29H34N6O3. The summed E-state index contributed by atoms with van der Waals surface area (Å²) in [4.78, 5) is 31.5. The quantitative estimate of drug-likeness (QED) is 0.379. The largest absolute Gasteiger partial charge is 0.497 e. The van der Waals surface area contributed by atoms with Crippen LogP contribution < -0.4 is 19.9 Å². The van der Waals surface area contributed by atoms with Crippen molar-refractivity contribution in [3.8, 4) is 5.75 Å². The van der Waals surface area contributed by atoms with Gasteiger partial charge in [0.25, 0.3) is 0 Å². The van der Waals surface area contributed by atoms with Gasteiger partial charge in [0, 0.05) is 37.1 Å². The van der Waals surface area contributed by atoms with Crippen LogP contribution in [0.2, 0.25) is 0 Å². The number of hydrogen-bond donors (Lipinski definition) is 1. The summed E-state index contributed by atoms with van der Waals surface area (Å²) < 4.78 is 7.00. The molecule has 0 spiro atoms. The molecular weight excluding hydrogens is 480 g/mol. The highest BCUT2D eigenvalue weighted by molar-refractivity contribution is 6.02. The van der Waals surface area contributed by atoms with E-state index in [1.54, 1.807) is 36.1 Å². The monoisotopic (exact) mass is 514 g/mol. The summed E-state index contributed by atoms with van der Waals surface area (Å²) in [6.07, 6.45) is 0. The smallest absolute Gasteiger partial charge is 0.249 e. The molecule has 0 aliphatic heterocycles. The van der Waals surface area contributed by atoms with Gasteiger partial charge < -0.3 is 15.0 Å². The number of anilines is 2. The van der Waals surface area contributed by atoms with Crippen molar-refractivity contribution in [1.29, 1.82) is 0 Å². The average Bonchev–Trinajstić information content (AvgIpc) is 3.28. The molecule has 9 heteroatoms. The zero-order chi connectivity index (χ0) is 27.4. The van der Waals surface area contributed by atoms with Gasteiger partial charge in [-0.3, -0.25) is 14.5 Å². The highest BCUT2D eigenvalue weighted by Gasteiger charge is 2.35. The molecule has 0 saturated heterocycles. The number of methoxy groups -OCH3 is 1. The molecule has 1 aromatic heterocycles. The van der Waals surface area contributed by atoms with Gasteiger partial charge in [0.05, 0.1) is 12.6 Å². The van der Waals surface area contributed by atoms with E-state index in [-0.39, 0.29) is 18.4 Å². The summed E-state index contributed by atoms with van der Waals surface area (Å²) in [5.41, 5.74) is 3.11. The Bertz CT molecular complexity index is 1420. The second kappa shape index (κ2) is 10.9. The molecule has 4 rings (SSSR count). The summed E-state index contributed by atoms with van der Waals surface area (Å²) in [7, 11) is 5.47. The first-order valence-electron chi connectivity index (χ1n) is 12.4. The van der Waals surface area contributed by atoms with E-state index in [4.69, 9.17) is 4.74 Å². The second-order valence-corrected chi connectivity index (χ2v) is 10.3. The van der Waals surface area contributed by atoms with Gasteiger partial charge in [0.15, 0.2) is 0 Å². The lowest BCUT2D eigenvalue weighted by Gasteiger charge is -2.34. The fraction of sp³-hybridized carbons (Fsp3) is 0.310. The Morgan fingerprint density at radius 3 is 2.34 bits per heavy atom. The Morgan fingerprint density at radius 1 is 0.974 bits per heavy atom. The molecule has 1 N–H and O–H groups in total. The van der Waals surface area contributed by atoms with Gasteiger partial charge >= 0.3 is 0 Å². The summed E-state index contributed by atoms with van der Waals surface area (Å²) in [5.74, 6) is -0.0428. The molecule has 4 aromatic rings. The number of amides is 2. The van der Waals surface area contributed by atoms with E-state index in [1.807, 2.05) is 88.3 Å². The molecule has 2 amide bonds. The van der Waals surface area contributed by atoms with E-state index in [1.165, 1.54) is 4.90 Å². The third kappa shape index (κ3) is 5.94. The molecule has 1 atom stereocenters. The van der Waals surface area contributed by atoms with Crippen LogP contribution >= 0.6 is 0 Å². The number of nitrogens with zero attached hydrogens (tertiary/aromatic N) is 5. The van der Waals surface area contributed by atoms with Crippen molar-refractivity contribution >= 4 is 34.2 Å². The Kier molecular flexibility index (Phi) is 7.66. The van der Waals surface area contributed by atoms with E-state index < -0.39 is 11.6 Å². The van der Waals surface area contributed by atoms with Crippen LogP contribution in [0.15, 0.2) is 72.8 Å². The Labute approximate surface area is 223 Å². The third-order valence-electron chi connectivity index (χ3n) is 6.04. The summed E-state index contributed by atoms with van der Waals surface area (Å²) >= 11 is 0. The van der Waals surface area contributed by atoms with Crippen LogP contribution in [0.4, 0.5) is 11.4 Å². The maximum atomic E-state index is 14.1. The van der Waals surface area contributed by atoms with Gasteiger partial charge in [0.1, 0.15) is 23.9 Å². The average molecular weight is 515 g/mol. The maximum absolute atomic E-state index is 14.1. The Hall–Kier alpha value is -4.40. The number of aromatic nitrogens is 3. The SMILES string of the molecule is COc1cccc(N(C(=O)Cn2nnc3ccccc32)[C@H](C(=O)NC(C)(C)C)c2ccc(N(C)C)cc2)c1. The summed E-state index contributed by atoms with van der Waals surface area (Å²) in [5, 5.41) is 11.5. The highest BCUT2D eigenvalue weighted by Crippen LogP contribution is 2.32. The molecule has 0 bridgehead atoms. The zero-order valence-electron chi connectivity index (χ0n) is 22.7. The minimum atomic E-state index is -0.945. The highest BCUT2D eigenvalue weighted by atomic mass is 16.5. The lowest BCUT2D eigenvalue weighted by Crippen LogP contribution is -2.50. The van der Waals surface area contributed by atoms with Crippen molar-refractivity contribution < 1.29 is 14.3 Å². The minimum Gasteiger partial charge on any atom is -0.497 e.